The summed E-state index contributed by atoms with van der Waals surface area (Å²) in [6, 6.07) is 7.91. The lowest BCUT2D eigenvalue weighted by atomic mass is 10.1. The number of aromatic nitrogens is 2. The van der Waals surface area contributed by atoms with Crippen LogP contribution in [0.5, 0.6) is 0 Å². The number of anilines is 2. The van der Waals surface area contributed by atoms with Gasteiger partial charge in [0.15, 0.2) is 0 Å². The predicted molar refractivity (Wildman–Crippen MR) is 97.7 cm³/mol. The highest BCUT2D eigenvalue weighted by Crippen LogP contribution is 2.22. The molecule has 25 heavy (non-hydrogen) atoms. The maximum Gasteiger partial charge on any atom is 0.238 e. The van der Waals surface area contributed by atoms with E-state index in [1.807, 2.05) is 37.4 Å². The van der Waals surface area contributed by atoms with Crippen molar-refractivity contribution in [1.29, 1.82) is 0 Å². The highest BCUT2D eigenvalue weighted by Gasteiger charge is 2.14. The van der Waals surface area contributed by atoms with Crippen LogP contribution in [-0.4, -0.2) is 53.9 Å². The number of nitrogens with one attached hydrogen (secondary N) is 3. The number of carbonyl (C=O) groups excluding carboxylic acids is 1. The second-order valence-corrected chi connectivity index (χ2v) is 6.33. The number of benzene rings is 1. The number of aromatic amines is 1. The molecule has 1 amide bonds. The molecule has 0 unspecified atom stereocenters. The van der Waals surface area contributed by atoms with E-state index in [2.05, 4.69) is 32.7 Å². The van der Waals surface area contributed by atoms with Crippen LogP contribution in [0.25, 0.3) is 0 Å². The lowest BCUT2D eigenvalue weighted by Gasteiger charge is -2.25. The van der Waals surface area contributed by atoms with Crippen LogP contribution in [0.1, 0.15) is 24.2 Å². The van der Waals surface area contributed by atoms with Gasteiger partial charge in [-0.25, -0.2) is 0 Å². The van der Waals surface area contributed by atoms with Crippen molar-refractivity contribution in [2.75, 3.05) is 43.5 Å². The van der Waals surface area contributed by atoms with E-state index in [1.54, 1.807) is 0 Å². The lowest BCUT2D eigenvalue weighted by Crippen LogP contribution is -2.41. The van der Waals surface area contributed by atoms with Crippen LogP contribution in [0.2, 0.25) is 0 Å². The second-order valence-electron chi connectivity index (χ2n) is 6.33. The molecule has 0 radical (unpaired) electrons. The Balaban J connectivity index is 1.51. The van der Waals surface area contributed by atoms with Gasteiger partial charge in [0.25, 0.3) is 0 Å². The summed E-state index contributed by atoms with van der Waals surface area (Å²) in [6.07, 6.45) is 1.84. The number of H-pyrrole nitrogens is 1. The molecule has 1 aliphatic heterocycles. The highest BCUT2D eigenvalue weighted by molar-refractivity contribution is 5.92. The van der Waals surface area contributed by atoms with Crippen molar-refractivity contribution in [2.24, 2.45) is 0 Å². The standard InChI is InChI=1S/C18H25N5O2/c1-13(17-11-19-22-14(17)2)20-15-3-5-16(6-4-15)21-18(24)12-23-7-9-25-10-8-23/h3-6,11,13,20H,7-10,12H2,1-2H3,(H,19,22)(H,21,24)/t13-/m0/s1. The summed E-state index contributed by atoms with van der Waals surface area (Å²) in [7, 11) is 0. The summed E-state index contributed by atoms with van der Waals surface area (Å²) in [6.45, 7) is 7.51. The minimum atomic E-state index is 0.00463. The molecule has 3 N–H and O–H groups in total. The van der Waals surface area contributed by atoms with E-state index >= 15 is 0 Å². The Morgan fingerprint density at radius 3 is 2.60 bits per heavy atom. The van der Waals surface area contributed by atoms with Gasteiger partial charge in [-0.15, -0.1) is 0 Å². The molecule has 1 atom stereocenters. The molecule has 0 bridgehead atoms. The normalized spacial score (nSPS) is 16.4. The van der Waals surface area contributed by atoms with Crippen LogP contribution in [0, 0.1) is 6.92 Å². The zero-order valence-electron chi connectivity index (χ0n) is 14.7. The molecular weight excluding hydrogens is 318 g/mol. The van der Waals surface area contributed by atoms with E-state index in [9.17, 15) is 4.79 Å². The van der Waals surface area contributed by atoms with Crippen LogP contribution in [0.3, 0.4) is 0 Å². The number of nitrogens with zero attached hydrogens (tertiary/aromatic N) is 2. The molecule has 0 aliphatic carbocycles. The fourth-order valence-corrected chi connectivity index (χ4v) is 2.94. The van der Waals surface area contributed by atoms with Gasteiger partial charge in [0.05, 0.1) is 32.0 Å². The average molecular weight is 343 g/mol. The van der Waals surface area contributed by atoms with E-state index in [0.29, 0.717) is 19.8 Å². The van der Waals surface area contributed by atoms with Gasteiger partial charge in [-0.3, -0.25) is 14.8 Å². The smallest absolute Gasteiger partial charge is 0.238 e. The molecule has 1 aromatic carbocycles. The number of hydrogen-bond donors (Lipinski definition) is 3. The Morgan fingerprint density at radius 2 is 1.96 bits per heavy atom. The van der Waals surface area contributed by atoms with Crippen molar-refractivity contribution in [2.45, 2.75) is 19.9 Å². The molecule has 0 spiro atoms. The monoisotopic (exact) mass is 343 g/mol. The minimum Gasteiger partial charge on any atom is -0.379 e. The van der Waals surface area contributed by atoms with Crippen LogP contribution in [-0.2, 0) is 9.53 Å². The van der Waals surface area contributed by atoms with Crippen molar-refractivity contribution in [3.63, 3.8) is 0 Å². The first-order chi connectivity index (χ1) is 12.1. The van der Waals surface area contributed by atoms with Crippen LogP contribution < -0.4 is 10.6 Å². The topological polar surface area (TPSA) is 82.3 Å². The predicted octanol–water partition coefficient (Wildman–Crippen LogP) is 2.16. The zero-order valence-corrected chi connectivity index (χ0v) is 14.7. The van der Waals surface area contributed by atoms with Gasteiger partial charge in [-0.05, 0) is 38.1 Å². The molecule has 7 nitrogen and oxygen atoms in total. The molecule has 1 aromatic heterocycles. The maximum atomic E-state index is 12.1. The van der Waals surface area contributed by atoms with E-state index in [-0.39, 0.29) is 11.9 Å². The summed E-state index contributed by atoms with van der Waals surface area (Å²) in [5.74, 6) is 0.00463. The summed E-state index contributed by atoms with van der Waals surface area (Å²) in [5.41, 5.74) is 4.00. The first-order valence-corrected chi connectivity index (χ1v) is 8.58. The van der Waals surface area contributed by atoms with Crippen molar-refractivity contribution in [1.82, 2.24) is 15.1 Å². The summed E-state index contributed by atoms with van der Waals surface area (Å²) < 4.78 is 5.29. The van der Waals surface area contributed by atoms with E-state index < -0.39 is 0 Å². The molecule has 134 valence electrons. The van der Waals surface area contributed by atoms with Crippen molar-refractivity contribution < 1.29 is 9.53 Å². The summed E-state index contributed by atoms with van der Waals surface area (Å²) >= 11 is 0. The Morgan fingerprint density at radius 1 is 1.28 bits per heavy atom. The first kappa shape index (κ1) is 17.4. The van der Waals surface area contributed by atoms with Gasteiger partial charge >= 0.3 is 0 Å². The SMILES string of the molecule is Cc1[nH]ncc1[C@H](C)Nc1ccc(NC(=O)CN2CCOCC2)cc1. The fourth-order valence-electron chi connectivity index (χ4n) is 2.94. The van der Waals surface area contributed by atoms with Crippen LogP contribution in [0.4, 0.5) is 11.4 Å². The molecule has 3 rings (SSSR count). The van der Waals surface area contributed by atoms with Gasteiger partial charge < -0.3 is 15.4 Å². The Kier molecular flexibility index (Phi) is 5.67. The Hall–Kier alpha value is -2.38. The molecular formula is C18H25N5O2. The molecule has 7 heteroatoms. The zero-order chi connectivity index (χ0) is 17.6. The minimum absolute atomic E-state index is 0.00463. The third kappa shape index (κ3) is 4.80. The van der Waals surface area contributed by atoms with Crippen LogP contribution in [0.15, 0.2) is 30.5 Å². The molecule has 2 heterocycles. The molecule has 1 fully saturated rings. The van der Waals surface area contributed by atoms with Gasteiger partial charge in [0, 0.05) is 35.7 Å². The quantitative estimate of drug-likeness (QED) is 0.749. The van der Waals surface area contributed by atoms with Gasteiger partial charge in [0.1, 0.15) is 0 Å². The number of aryl methyl sites for hydroxylation is 1. The highest BCUT2D eigenvalue weighted by atomic mass is 16.5. The van der Waals surface area contributed by atoms with Gasteiger partial charge in [-0.2, -0.15) is 5.10 Å². The third-order valence-electron chi connectivity index (χ3n) is 4.36. The van der Waals surface area contributed by atoms with Crippen molar-refractivity contribution in [3.05, 3.63) is 41.7 Å². The van der Waals surface area contributed by atoms with E-state index in [1.165, 1.54) is 0 Å². The number of rotatable bonds is 6. The van der Waals surface area contributed by atoms with Gasteiger partial charge in [0.2, 0.25) is 5.91 Å². The largest absolute Gasteiger partial charge is 0.379 e. The Bertz CT molecular complexity index is 692. The number of carbonyl (C=O) groups is 1. The number of amides is 1. The maximum absolute atomic E-state index is 12.1. The van der Waals surface area contributed by atoms with Gasteiger partial charge in [-0.1, -0.05) is 0 Å². The molecule has 0 saturated carbocycles. The first-order valence-electron chi connectivity index (χ1n) is 8.58. The van der Waals surface area contributed by atoms with E-state index in [4.69, 9.17) is 4.74 Å². The third-order valence-corrected chi connectivity index (χ3v) is 4.36. The number of morpholine rings is 1. The molecule has 1 saturated heterocycles. The number of ether oxygens (including phenoxy) is 1. The summed E-state index contributed by atoms with van der Waals surface area (Å²) in [4.78, 5) is 14.2. The fraction of sp³-hybridized carbons (Fsp3) is 0.444. The second kappa shape index (κ2) is 8.13. The lowest BCUT2D eigenvalue weighted by molar-refractivity contribution is -0.118. The van der Waals surface area contributed by atoms with Crippen molar-refractivity contribution >= 4 is 17.3 Å². The Labute approximate surface area is 147 Å². The summed E-state index contributed by atoms with van der Waals surface area (Å²) in [5, 5.41) is 13.4. The molecule has 2 aromatic rings. The van der Waals surface area contributed by atoms with Crippen LogP contribution >= 0.6 is 0 Å². The molecule has 1 aliphatic rings. The average Bonchev–Trinajstić information content (AvgIpc) is 3.03. The number of hydrogen-bond acceptors (Lipinski definition) is 5. The van der Waals surface area contributed by atoms with E-state index in [0.717, 1.165) is 35.7 Å². The van der Waals surface area contributed by atoms with Crippen molar-refractivity contribution in [3.8, 4) is 0 Å².